The minimum Gasteiger partial charge on any atom is -0.497 e. The maximum Gasteiger partial charge on any atom is 0.309 e. The molecule has 0 saturated carbocycles. The van der Waals surface area contributed by atoms with Gasteiger partial charge in [-0.15, -0.1) is 0 Å². The Kier molecular flexibility index (Phi) is 5.80. The van der Waals surface area contributed by atoms with Crippen LogP contribution in [-0.2, 0) is 22.6 Å². The molecule has 0 radical (unpaired) electrons. The highest BCUT2D eigenvalue weighted by atomic mass is 16.5. The van der Waals surface area contributed by atoms with Gasteiger partial charge < -0.3 is 9.47 Å². The predicted molar refractivity (Wildman–Crippen MR) is 91.6 cm³/mol. The Hall–Kier alpha value is -2.29. The van der Waals surface area contributed by atoms with E-state index in [1.807, 2.05) is 63.2 Å². The molecule has 0 heterocycles. The molecule has 0 aliphatic carbocycles. The lowest BCUT2D eigenvalue weighted by atomic mass is 9.93. The van der Waals surface area contributed by atoms with Crippen LogP contribution in [0.1, 0.15) is 29.2 Å². The van der Waals surface area contributed by atoms with Crippen LogP contribution in [-0.4, -0.2) is 13.1 Å². The second-order valence-electron chi connectivity index (χ2n) is 5.94. The topological polar surface area (TPSA) is 35.5 Å². The van der Waals surface area contributed by atoms with Crippen molar-refractivity contribution in [2.75, 3.05) is 7.11 Å². The number of hydrogen-bond donors (Lipinski definition) is 0. The van der Waals surface area contributed by atoms with Gasteiger partial charge in [0.15, 0.2) is 0 Å². The van der Waals surface area contributed by atoms with Crippen LogP contribution in [0, 0.1) is 19.8 Å². The number of benzene rings is 2. The summed E-state index contributed by atoms with van der Waals surface area (Å²) in [6.45, 7) is 6.33. The van der Waals surface area contributed by atoms with Crippen LogP contribution in [0.4, 0.5) is 0 Å². The highest BCUT2D eigenvalue weighted by Gasteiger charge is 2.18. The SMILES string of the molecule is COc1cc(C)c(C[C@H](C)C(=O)OCc2ccccc2)c(C)c1. The summed E-state index contributed by atoms with van der Waals surface area (Å²) in [4.78, 5) is 12.2. The zero-order valence-corrected chi connectivity index (χ0v) is 14.3. The Morgan fingerprint density at radius 1 is 1.09 bits per heavy atom. The zero-order chi connectivity index (χ0) is 16.8. The van der Waals surface area contributed by atoms with Crippen molar-refractivity contribution in [3.05, 3.63) is 64.7 Å². The number of carbonyl (C=O) groups is 1. The van der Waals surface area contributed by atoms with Gasteiger partial charge in [-0.3, -0.25) is 4.79 Å². The van der Waals surface area contributed by atoms with Crippen LogP contribution in [0.5, 0.6) is 5.75 Å². The summed E-state index contributed by atoms with van der Waals surface area (Å²) in [6, 6.07) is 13.7. The number of carbonyl (C=O) groups excluding carboxylic acids is 1. The van der Waals surface area contributed by atoms with Crippen LogP contribution < -0.4 is 4.74 Å². The third-order valence-corrected chi connectivity index (χ3v) is 4.04. The third-order valence-electron chi connectivity index (χ3n) is 4.04. The van der Waals surface area contributed by atoms with Gasteiger partial charge in [-0.25, -0.2) is 0 Å². The number of hydrogen-bond acceptors (Lipinski definition) is 3. The molecule has 0 aliphatic rings. The van der Waals surface area contributed by atoms with Crippen molar-refractivity contribution in [1.29, 1.82) is 0 Å². The van der Waals surface area contributed by atoms with Crippen molar-refractivity contribution in [2.24, 2.45) is 5.92 Å². The standard InChI is InChI=1S/C20H24O3/c1-14-10-18(22-4)11-15(2)19(14)12-16(3)20(21)23-13-17-8-6-5-7-9-17/h5-11,16H,12-13H2,1-4H3/t16-/m0/s1. The zero-order valence-electron chi connectivity index (χ0n) is 14.3. The molecule has 2 rings (SSSR count). The normalized spacial score (nSPS) is 11.8. The van der Waals surface area contributed by atoms with Gasteiger partial charge in [0.25, 0.3) is 0 Å². The molecule has 23 heavy (non-hydrogen) atoms. The highest BCUT2D eigenvalue weighted by molar-refractivity contribution is 5.72. The maximum absolute atomic E-state index is 12.2. The number of esters is 1. The Morgan fingerprint density at radius 2 is 1.70 bits per heavy atom. The Balaban J connectivity index is 1.98. The van der Waals surface area contributed by atoms with E-state index in [1.165, 1.54) is 5.56 Å². The molecule has 0 aromatic heterocycles. The van der Waals surface area contributed by atoms with Crippen molar-refractivity contribution < 1.29 is 14.3 Å². The first kappa shape index (κ1) is 17.1. The molecule has 0 saturated heterocycles. The molecular formula is C20H24O3. The molecule has 122 valence electrons. The second kappa shape index (κ2) is 7.82. The van der Waals surface area contributed by atoms with E-state index < -0.39 is 0 Å². The van der Waals surface area contributed by atoms with E-state index in [1.54, 1.807) is 7.11 Å². The molecule has 0 bridgehead atoms. The van der Waals surface area contributed by atoms with E-state index in [0.717, 1.165) is 22.4 Å². The van der Waals surface area contributed by atoms with E-state index in [2.05, 4.69) is 0 Å². The van der Waals surface area contributed by atoms with Gasteiger partial charge in [-0.05, 0) is 54.7 Å². The molecule has 0 amide bonds. The molecular weight excluding hydrogens is 288 g/mol. The molecule has 0 spiro atoms. The fraction of sp³-hybridized carbons (Fsp3) is 0.350. The fourth-order valence-electron chi connectivity index (χ4n) is 2.65. The number of rotatable bonds is 6. The molecule has 1 atom stereocenters. The average Bonchev–Trinajstić information content (AvgIpc) is 2.56. The quantitative estimate of drug-likeness (QED) is 0.749. The largest absolute Gasteiger partial charge is 0.497 e. The smallest absolute Gasteiger partial charge is 0.309 e. The summed E-state index contributed by atoms with van der Waals surface area (Å²) < 4.78 is 10.7. The lowest BCUT2D eigenvalue weighted by Crippen LogP contribution is -2.18. The molecule has 2 aromatic rings. The number of ether oxygens (including phenoxy) is 2. The Bertz CT molecular complexity index is 639. The summed E-state index contributed by atoms with van der Waals surface area (Å²) in [5.41, 5.74) is 4.48. The van der Waals surface area contributed by atoms with Gasteiger partial charge in [-0.2, -0.15) is 0 Å². The van der Waals surface area contributed by atoms with Gasteiger partial charge in [0.2, 0.25) is 0 Å². The number of methoxy groups -OCH3 is 1. The number of aryl methyl sites for hydroxylation is 2. The minimum atomic E-state index is -0.176. The van der Waals surface area contributed by atoms with Gasteiger partial charge >= 0.3 is 5.97 Å². The van der Waals surface area contributed by atoms with E-state index in [-0.39, 0.29) is 11.9 Å². The van der Waals surface area contributed by atoms with Crippen molar-refractivity contribution >= 4 is 5.97 Å². The van der Waals surface area contributed by atoms with E-state index >= 15 is 0 Å². The first-order valence-electron chi connectivity index (χ1n) is 7.86. The summed E-state index contributed by atoms with van der Waals surface area (Å²) in [5, 5.41) is 0. The minimum absolute atomic E-state index is 0.163. The van der Waals surface area contributed by atoms with Crippen molar-refractivity contribution in [3.8, 4) is 5.75 Å². The van der Waals surface area contributed by atoms with E-state index in [4.69, 9.17) is 9.47 Å². The molecule has 2 aromatic carbocycles. The van der Waals surface area contributed by atoms with Crippen LogP contribution in [0.25, 0.3) is 0 Å². The summed E-state index contributed by atoms with van der Waals surface area (Å²) in [6.07, 6.45) is 0.676. The maximum atomic E-state index is 12.2. The molecule has 0 N–H and O–H groups in total. The van der Waals surface area contributed by atoms with E-state index in [9.17, 15) is 4.79 Å². The second-order valence-corrected chi connectivity index (χ2v) is 5.94. The summed E-state index contributed by atoms with van der Waals surface area (Å²) >= 11 is 0. The average molecular weight is 312 g/mol. The van der Waals surface area contributed by atoms with Gasteiger partial charge in [-0.1, -0.05) is 37.3 Å². The van der Waals surface area contributed by atoms with Crippen molar-refractivity contribution in [1.82, 2.24) is 0 Å². The van der Waals surface area contributed by atoms with Crippen LogP contribution in [0.3, 0.4) is 0 Å². The molecule has 3 nitrogen and oxygen atoms in total. The first-order chi connectivity index (χ1) is 11.0. The lowest BCUT2D eigenvalue weighted by molar-refractivity contribution is -0.149. The Morgan fingerprint density at radius 3 is 2.26 bits per heavy atom. The lowest BCUT2D eigenvalue weighted by Gasteiger charge is -2.16. The molecule has 3 heteroatoms. The molecule has 0 unspecified atom stereocenters. The summed E-state index contributed by atoms with van der Waals surface area (Å²) in [5.74, 6) is 0.510. The van der Waals surface area contributed by atoms with Gasteiger partial charge in [0.05, 0.1) is 13.0 Å². The Labute approximate surface area is 138 Å². The van der Waals surface area contributed by atoms with Crippen LogP contribution in [0.2, 0.25) is 0 Å². The fourth-order valence-corrected chi connectivity index (χ4v) is 2.65. The first-order valence-corrected chi connectivity index (χ1v) is 7.86. The van der Waals surface area contributed by atoms with Crippen LogP contribution >= 0.6 is 0 Å². The predicted octanol–water partition coefficient (Wildman–Crippen LogP) is 4.23. The van der Waals surface area contributed by atoms with Gasteiger partial charge in [0.1, 0.15) is 12.4 Å². The van der Waals surface area contributed by atoms with Crippen molar-refractivity contribution in [2.45, 2.75) is 33.8 Å². The monoisotopic (exact) mass is 312 g/mol. The van der Waals surface area contributed by atoms with Crippen molar-refractivity contribution in [3.63, 3.8) is 0 Å². The van der Waals surface area contributed by atoms with Crippen LogP contribution in [0.15, 0.2) is 42.5 Å². The molecule has 0 aliphatic heterocycles. The highest BCUT2D eigenvalue weighted by Crippen LogP contribution is 2.24. The third kappa shape index (κ3) is 4.59. The van der Waals surface area contributed by atoms with Gasteiger partial charge in [0, 0.05) is 0 Å². The van der Waals surface area contributed by atoms with E-state index in [0.29, 0.717) is 13.0 Å². The summed E-state index contributed by atoms with van der Waals surface area (Å²) in [7, 11) is 1.66. The molecule has 0 fully saturated rings.